The maximum atomic E-state index is 13.6. The number of nitrogens with one attached hydrogen (secondary N) is 1. The maximum Gasteiger partial charge on any atom is 0.258 e. The molecule has 3 aromatic rings. The number of ether oxygens (including phenoxy) is 2. The van der Waals surface area contributed by atoms with Crippen LogP contribution in [-0.4, -0.2) is 33.2 Å². The molecule has 2 aromatic heterocycles. The van der Waals surface area contributed by atoms with Gasteiger partial charge in [-0.1, -0.05) is 11.2 Å². The zero-order valence-electron chi connectivity index (χ0n) is 18.8. The molecule has 2 heterocycles. The fraction of sp³-hybridized carbons (Fsp3) is 0.440. The maximum absolute atomic E-state index is 13.6. The molecule has 176 valence electrons. The number of benzene rings is 1. The minimum Gasteiger partial charge on any atom is -0.484 e. The molecule has 4 saturated carbocycles. The molecule has 0 aliphatic heterocycles. The van der Waals surface area contributed by atoms with Crippen LogP contribution in [0.4, 0.5) is 4.39 Å². The standard InChI is InChI=1S/C25H25FN4O4/c1-15-2-5-17(8-19(15)26)33-11-22(31)29-25-12-24(13-25,14-25)23-28-21(30-34-23)10-32-18-6-7-20(27-9-18)16-3-4-16/h2,5-9,16H,3-4,10-14H2,1H3,(H,29,31). The molecule has 1 N–H and O–H groups in total. The lowest BCUT2D eigenvalue weighted by Gasteiger charge is -2.68. The van der Waals surface area contributed by atoms with Crippen LogP contribution in [0.25, 0.3) is 0 Å². The highest BCUT2D eigenvalue weighted by atomic mass is 19.1. The molecule has 7 rings (SSSR count). The van der Waals surface area contributed by atoms with Crippen LogP contribution in [0.1, 0.15) is 61.0 Å². The third-order valence-electron chi connectivity index (χ3n) is 6.99. The average Bonchev–Trinajstić information content (AvgIpc) is 3.53. The largest absolute Gasteiger partial charge is 0.484 e. The van der Waals surface area contributed by atoms with Gasteiger partial charge >= 0.3 is 0 Å². The van der Waals surface area contributed by atoms with E-state index < -0.39 is 0 Å². The van der Waals surface area contributed by atoms with Crippen molar-refractivity contribution in [1.29, 1.82) is 0 Å². The number of carbonyl (C=O) groups is 1. The van der Waals surface area contributed by atoms with Gasteiger partial charge < -0.3 is 19.3 Å². The molecule has 4 fully saturated rings. The summed E-state index contributed by atoms with van der Waals surface area (Å²) in [6, 6.07) is 8.49. The monoisotopic (exact) mass is 464 g/mol. The molecule has 4 aliphatic carbocycles. The number of carbonyl (C=O) groups excluding carboxylic acids is 1. The molecular formula is C25H25FN4O4. The smallest absolute Gasteiger partial charge is 0.258 e. The second-order valence-corrected chi connectivity index (χ2v) is 9.84. The van der Waals surface area contributed by atoms with E-state index in [9.17, 15) is 9.18 Å². The summed E-state index contributed by atoms with van der Waals surface area (Å²) in [6.45, 7) is 1.73. The third kappa shape index (κ3) is 3.89. The van der Waals surface area contributed by atoms with E-state index in [-0.39, 0.29) is 35.9 Å². The van der Waals surface area contributed by atoms with Crippen molar-refractivity contribution in [1.82, 2.24) is 20.4 Å². The van der Waals surface area contributed by atoms with Crippen LogP contribution in [-0.2, 0) is 16.8 Å². The second-order valence-electron chi connectivity index (χ2n) is 9.84. The Hall–Kier alpha value is -3.49. The Bertz CT molecular complexity index is 1220. The van der Waals surface area contributed by atoms with E-state index in [1.165, 1.54) is 18.9 Å². The van der Waals surface area contributed by atoms with Crippen molar-refractivity contribution in [3.05, 3.63) is 65.3 Å². The zero-order chi connectivity index (χ0) is 23.3. The summed E-state index contributed by atoms with van der Waals surface area (Å²) < 4.78 is 30.3. The Morgan fingerprint density at radius 2 is 1.97 bits per heavy atom. The Morgan fingerprint density at radius 1 is 1.18 bits per heavy atom. The first-order valence-corrected chi connectivity index (χ1v) is 11.5. The van der Waals surface area contributed by atoms with Crippen molar-refractivity contribution >= 4 is 5.91 Å². The molecule has 0 spiro atoms. The van der Waals surface area contributed by atoms with Gasteiger partial charge in [0.15, 0.2) is 13.2 Å². The van der Waals surface area contributed by atoms with Crippen LogP contribution in [0.5, 0.6) is 11.5 Å². The van der Waals surface area contributed by atoms with Gasteiger partial charge in [-0.25, -0.2) is 4.39 Å². The summed E-state index contributed by atoms with van der Waals surface area (Å²) in [6.07, 6.45) is 6.42. The molecule has 9 heteroatoms. The molecule has 0 saturated heterocycles. The van der Waals surface area contributed by atoms with Crippen molar-refractivity contribution in [2.45, 2.75) is 62.5 Å². The number of hydrogen-bond acceptors (Lipinski definition) is 7. The van der Waals surface area contributed by atoms with Crippen LogP contribution in [0.3, 0.4) is 0 Å². The first-order chi connectivity index (χ1) is 16.4. The molecular weight excluding hydrogens is 439 g/mol. The summed E-state index contributed by atoms with van der Waals surface area (Å²) in [7, 11) is 0. The lowest BCUT2D eigenvalue weighted by atomic mass is 9.39. The lowest BCUT2D eigenvalue weighted by molar-refractivity contribution is -0.143. The van der Waals surface area contributed by atoms with E-state index in [2.05, 4.69) is 20.4 Å². The predicted molar refractivity (Wildman–Crippen MR) is 118 cm³/mol. The van der Waals surface area contributed by atoms with Crippen LogP contribution in [0.15, 0.2) is 41.1 Å². The van der Waals surface area contributed by atoms with E-state index in [1.54, 1.807) is 25.3 Å². The minimum absolute atomic E-state index is 0.157. The van der Waals surface area contributed by atoms with Gasteiger partial charge in [0.05, 0.1) is 11.6 Å². The molecule has 2 bridgehead atoms. The van der Waals surface area contributed by atoms with Crippen molar-refractivity contribution in [3.8, 4) is 11.5 Å². The van der Waals surface area contributed by atoms with E-state index in [1.807, 2.05) is 12.1 Å². The summed E-state index contributed by atoms with van der Waals surface area (Å²) in [4.78, 5) is 21.3. The number of halogens is 1. The summed E-state index contributed by atoms with van der Waals surface area (Å²) in [5.41, 5.74) is 1.23. The molecule has 34 heavy (non-hydrogen) atoms. The number of pyridine rings is 1. The highest BCUT2D eigenvalue weighted by molar-refractivity contribution is 5.79. The summed E-state index contributed by atoms with van der Waals surface area (Å²) in [5.74, 6) is 2.13. The Balaban J connectivity index is 0.971. The fourth-order valence-corrected chi connectivity index (χ4v) is 5.07. The van der Waals surface area contributed by atoms with E-state index in [4.69, 9.17) is 14.0 Å². The molecule has 0 radical (unpaired) electrons. The SMILES string of the molecule is Cc1ccc(OCC(=O)NC23CC(c4nc(COc5ccc(C6CC6)nc5)no4)(C2)C3)cc1F. The van der Waals surface area contributed by atoms with E-state index in [0.29, 0.717) is 34.7 Å². The highest BCUT2D eigenvalue weighted by Crippen LogP contribution is 2.67. The molecule has 0 atom stereocenters. The first-order valence-electron chi connectivity index (χ1n) is 11.5. The normalized spacial score (nSPS) is 24.6. The number of aromatic nitrogens is 3. The van der Waals surface area contributed by atoms with Gasteiger partial charge in [-0.3, -0.25) is 9.78 Å². The van der Waals surface area contributed by atoms with Gasteiger partial charge in [0, 0.05) is 23.2 Å². The quantitative estimate of drug-likeness (QED) is 0.515. The average molecular weight is 464 g/mol. The molecule has 8 nitrogen and oxygen atoms in total. The number of rotatable bonds is 9. The van der Waals surface area contributed by atoms with Gasteiger partial charge in [0.2, 0.25) is 11.7 Å². The van der Waals surface area contributed by atoms with E-state index in [0.717, 1.165) is 25.0 Å². The number of aryl methyl sites for hydroxylation is 1. The minimum atomic E-state index is -0.355. The third-order valence-corrected chi connectivity index (χ3v) is 6.99. The van der Waals surface area contributed by atoms with Crippen LogP contribution in [0.2, 0.25) is 0 Å². The van der Waals surface area contributed by atoms with Crippen LogP contribution in [0, 0.1) is 12.7 Å². The Labute approximate surface area is 195 Å². The lowest BCUT2D eigenvalue weighted by Crippen LogP contribution is -2.77. The van der Waals surface area contributed by atoms with Gasteiger partial charge in [-0.2, -0.15) is 4.98 Å². The van der Waals surface area contributed by atoms with Crippen LogP contribution < -0.4 is 14.8 Å². The predicted octanol–water partition coefficient (Wildman–Crippen LogP) is 3.74. The molecule has 0 unspecified atom stereocenters. The van der Waals surface area contributed by atoms with Gasteiger partial charge in [0.1, 0.15) is 17.3 Å². The Morgan fingerprint density at radius 3 is 2.68 bits per heavy atom. The second kappa shape index (κ2) is 7.78. The van der Waals surface area contributed by atoms with Crippen molar-refractivity contribution in [3.63, 3.8) is 0 Å². The first kappa shape index (κ1) is 21.1. The van der Waals surface area contributed by atoms with Crippen molar-refractivity contribution < 1.29 is 23.2 Å². The molecule has 1 amide bonds. The van der Waals surface area contributed by atoms with Crippen molar-refractivity contribution in [2.24, 2.45) is 0 Å². The molecule has 1 aromatic carbocycles. The summed E-state index contributed by atoms with van der Waals surface area (Å²) in [5, 5.41) is 7.09. The number of nitrogens with zero attached hydrogens (tertiary/aromatic N) is 3. The Kier molecular flexibility index (Phi) is 4.82. The molecule has 4 aliphatic rings. The highest BCUT2D eigenvalue weighted by Gasteiger charge is 2.72. The van der Waals surface area contributed by atoms with Crippen molar-refractivity contribution in [2.75, 3.05) is 6.61 Å². The number of hydrogen-bond donors (Lipinski definition) is 1. The van der Waals surface area contributed by atoms with Gasteiger partial charge in [-0.15, -0.1) is 0 Å². The fourth-order valence-electron chi connectivity index (χ4n) is 5.07. The zero-order valence-corrected chi connectivity index (χ0v) is 18.8. The topological polar surface area (TPSA) is 99.4 Å². The van der Waals surface area contributed by atoms with E-state index >= 15 is 0 Å². The van der Waals surface area contributed by atoms with Gasteiger partial charge in [-0.05, 0) is 62.8 Å². The van der Waals surface area contributed by atoms with Gasteiger partial charge in [0.25, 0.3) is 5.91 Å². The summed E-state index contributed by atoms with van der Waals surface area (Å²) >= 11 is 0. The number of amides is 1. The van der Waals surface area contributed by atoms with Crippen LogP contribution >= 0.6 is 0 Å².